The Morgan fingerprint density at radius 2 is 1.88 bits per heavy atom. The van der Waals surface area contributed by atoms with Gasteiger partial charge in [-0.05, 0) is 56.7 Å². The lowest BCUT2D eigenvalue weighted by molar-refractivity contribution is 0.0601. The first-order valence-corrected chi connectivity index (χ1v) is 7.82. The maximum absolute atomic E-state index is 11.7. The molecule has 0 radical (unpaired) electrons. The number of rotatable bonds is 3. The van der Waals surface area contributed by atoms with Crippen LogP contribution in [0.2, 0.25) is 0 Å². The van der Waals surface area contributed by atoms with Crippen LogP contribution in [0.3, 0.4) is 0 Å². The lowest BCUT2D eigenvalue weighted by Gasteiger charge is -2.13. The number of nitrogens with one attached hydrogen (secondary N) is 1. The number of esters is 1. The van der Waals surface area contributed by atoms with Gasteiger partial charge in [-0.3, -0.25) is 4.98 Å². The number of fused-ring (bicyclic) bond motifs is 1. The molecule has 24 heavy (non-hydrogen) atoms. The fourth-order valence-electron chi connectivity index (χ4n) is 2.91. The molecule has 4 heteroatoms. The number of carbonyl (C=O) groups is 1. The predicted octanol–water partition coefficient (Wildman–Crippen LogP) is 4.69. The molecule has 3 aromatic rings. The normalized spacial score (nSPS) is 10.7. The zero-order chi connectivity index (χ0) is 17.3. The van der Waals surface area contributed by atoms with Crippen molar-refractivity contribution in [1.82, 2.24) is 4.98 Å². The van der Waals surface area contributed by atoms with E-state index in [0.29, 0.717) is 5.56 Å². The van der Waals surface area contributed by atoms with Crippen molar-refractivity contribution in [3.63, 3.8) is 0 Å². The van der Waals surface area contributed by atoms with Gasteiger partial charge in [-0.1, -0.05) is 17.7 Å². The second-order valence-corrected chi connectivity index (χ2v) is 5.99. The summed E-state index contributed by atoms with van der Waals surface area (Å²) in [6.45, 7) is 6.13. The van der Waals surface area contributed by atoms with Crippen LogP contribution in [0.15, 0.2) is 42.5 Å². The monoisotopic (exact) mass is 320 g/mol. The van der Waals surface area contributed by atoms with Gasteiger partial charge in [0.05, 0.1) is 18.2 Å². The van der Waals surface area contributed by atoms with Crippen LogP contribution < -0.4 is 5.32 Å². The second-order valence-electron chi connectivity index (χ2n) is 5.99. The number of hydrogen-bond donors (Lipinski definition) is 1. The van der Waals surface area contributed by atoms with Gasteiger partial charge in [0.1, 0.15) is 0 Å². The maximum Gasteiger partial charge on any atom is 0.337 e. The van der Waals surface area contributed by atoms with Crippen LogP contribution >= 0.6 is 0 Å². The molecule has 122 valence electrons. The number of nitrogens with zero attached hydrogens (tertiary/aromatic N) is 1. The number of aromatic nitrogens is 1. The largest absolute Gasteiger partial charge is 0.465 e. The Morgan fingerprint density at radius 1 is 1.08 bits per heavy atom. The first-order chi connectivity index (χ1) is 11.5. The van der Waals surface area contributed by atoms with E-state index in [1.54, 1.807) is 12.1 Å². The fraction of sp³-hybridized carbons (Fsp3) is 0.200. The molecule has 0 unspecified atom stereocenters. The van der Waals surface area contributed by atoms with Gasteiger partial charge in [0.15, 0.2) is 0 Å². The van der Waals surface area contributed by atoms with Gasteiger partial charge in [0.25, 0.3) is 0 Å². The molecule has 0 fully saturated rings. The zero-order valence-corrected chi connectivity index (χ0v) is 14.3. The molecule has 1 N–H and O–H groups in total. The van der Waals surface area contributed by atoms with Gasteiger partial charge in [0, 0.05) is 22.5 Å². The SMILES string of the molecule is COC(=O)c1cccc(Nc2cc(C)nc3c(C)cc(C)cc23)c1. The van der Waals surface area contributed by atoms with Crippen molar-refractivity contribution in [1.29, 1.82) is 0 Å². The van der Waals surface area contributed by atoms with Crippen LogP contribution in [-0.4, -0.2) is 18.1 Å². The first kappa shape index (κ1) is 16.0. The molecule has 0 spiro atoms. The molecular formula is C20H20N2O2. The highest BCUT2D eigenvalue weighted by molar-refractivity contribution is 5.96. The molecule has 0 aliphatic rings. The highest BCUT2D eigenvalue weighted by Gasteiger charge is 2.10. The van der Waals surface area contributed by atoms with E-state index in [1.165, 1.54) is 12.7 Å². The quantitative estimate of drug-likeness (QED) is 0.711. The number of benzene rings is 2. The first-order valence-electron chi connectivity index (χ1n) is 7.82. The molecule has 1 heterocycles. The molecule has 2 aromatic carbocycles. The van der Waals surface area contributed by atoms with Crippen molar-refractivity contribution >= 4 is 28.2 Å². The minimum Gasteiger partial charge on any atom is -0.465 e. The number of methoxy groups -OCH3 is 1. The Labute approximate surface area is 141 Å². The lowest BCUT2D eigenvalue weighted by Crippen LogP contribution is -2.02. The Balaban J connectivity index is 2.09. The fourth-order valence-corrected chi connectivity index (χ4v) is 2.91. The van der Waals surface area contributed by atoms with E-state index in [1.807, 2.05) is 25.1 Å². The van der Waals surface area contributed by atoms with E-state index in [2.05, 4.69) is 36.3 Å². The van der Waals surface area contributed by atoms with E-state index < -0.39 is 0 Å². The molecule has 4 nitrogen and oxygen atoms in total. The van der Waals surface area contributed by atoms with Crippen molar-refractivity contribution in [2.24, 2.45) is 0 Å². The summed E-state index contributed by atoms with van der Waals surface area (Å²) in [5, 5.41) is 4.48. The molecule has 0 bridgehead atoms. The summed E-state index contributed by atoms with van der Waals surface area (Å²) in [7, 11) is 1.38. The van der Waals surface area contributed by atoms with Crippen molar-refractivity contribution in [3.05, 3.63) is 64.8 Å². The second kappa shape index (κ2) is 6.32. The number of aryl methyl sites for hydroxylation is 3. The third-order valence-corrected chi connectivity index (χ3v) is 3.94. The number of anilines is 2. The Kier molecular flexibility index (Phi) is 4.21. The van der Waals surface area contributed by atoms with E-state index in [4.69, 9.17) is 4.74 Å². The molecule has 3 rings (SSSR count). The molecular weight excluding hydrogens is 300 g/mol. The molecule has 0 saturated heterocycles. The number of pyridine rings is 1. The third-order valence-electron chi connectivity index (χ3n) is 3.94. The van der Waals surface area contributed by atoms with Crippen LogP contribution in [0.5, 0.6) is 0 Å². The van der Waals surface area contributed by atoms with E-state index >= 15 is 0 Å². The van der Waals surface area contributed by atoms with Crippen LogP contribution in [0.1, 0.15) is 27.2 Å². The summed E-state index contributed by atoms with van der Waals surface area (Å²) in [6, 6.07) is 13.6. The highest BCUT2D eigenvalue weighted by Crippen LogP contribution is 2.29. The summed E-state index contributed by atoms with van der Waals surface area (Å²) >= 11 is 0. The van der Waals surface area contributed by atoms with Gasteiger partial charge in [0.2, 0.25) is 0 Å². The average molecular weight is 320 g/mol. The summed E-state index contributed by atoms with van der Waals surface area (Å²) in [5.41, 5.74) is 6.62. The number of carbonyl (C=O) groups excluding carboxylic acids is 1. The lowest BCUT2D eigenvalue weighted by atomic mass is 10.0. The third kappa shape index (κ3) is 3.08. The zero-order valence-electron chi connectivity index (χ0n) is 14.3. The molecule has 0 aliphatic heterocycles. The predicted molar refractivity (Wildman–Crippen MR) is 97.0 cm³/mol. The van der Waals surface area contributed by atoms with E-state index in [9.17, 15) is 4.79 Å². The van der Waals surface area contributed by atoms with E-state index in [-0.39, 0.29) is 5.97 Å². The molecule has 0 atom stereocenters. The van der Waals surface area contributed by atoms with Crippen molar-refractivity contribution in [2.75, 3.05) is 12.4 Å². The average Bonchev–Trinajstić information content (AvgIpc) is 2.55. The minimum atomic E-state index is -0.346. The van der Waals surface area contributed by atoms with Gasteiger partial charge in [-0.25, -0.2) is 4.79 Å². The summed E-state index contributed by atoms with van der Waals surface area (Å²) in [4.78, 5) is 16.4. The summed E-state index contributed by atoms with van der Waals surface area (Å²) in [6.07, 6.45) is 0. The van der Waals surface area contributed by atoms with Crippen LogP contribution in [0.4, 0.5) is 11.4 Å². The maximum atomic E-state index is 11.7. The summed E-state index contributed by atoms with van der Waals surface area (Å²) in [5.74, 6) is -0.346. The van der Waals surface area contributed by atoms with Gasteiger partial charge >= 0.3 is 5.97 Å². The van der Waals surface area contributed by atoms with Crippen LogP contribution in [0.25, 0.3) is 10.9 Å². The smallest absolute Gasteiger partial charge is 0.337 e. The molecule has 0 amide bonds. The highest BCUT2D eigenvalue weighted by atomic mass is 16.5. The Bertz CT molecular complexity index is 932. The van der Waals surface area contributed by atoms with Crippen molar-refractivity contribution in [2.45, 2.75) is 20.8 Å². The minimum absolute atomic E-state index is 0.346. The Morgan fingerprint density at radius 3 is 2.62 bits per heavy atom. The summed E-state index contributed by atoms with van der Waals surface area (Å²) < 4.78 is 4.79. The number of hydrogen-bond acceptors (Lipinski definition) is 4. The Hall–Kier alpha value is -2.88. The van der Waals surface area contributed by atoms with Crippen molar-refractivity contribution < 1.29 is 9.53 Å². The number of ether oxygens (including phenoxy) is 1. The standard InChI is InChI=1S/C20H20N2O2/c1-12-8-13(2)19-17(9-12)18(10-14(3)21-19)22-16-7-5-6-15(11-16)20(23)24-4/h5-11H,1-4H3,(H,21,22). The van der Waals surface area contributed by atoms with Crippen molar-refractivity contribution in [3.8, 4) is 0 Å². The van der Waals surface area contributed by atoms with Crippen LogP contribution in [-0.2, 0) is 4.74 Å². The van der Waals surface area contributed by atoms with Gasteiger partial charge < -0.3 is 10.1 Å². The topological polar surface area (TPSA) is 51.2 Å². The van der Waals surface area contributed by atoms with Gasteiger partial charge in [-0.15, -0.1) is 0 Å². The van der Waals surface area contributed by atoms with E-state index in [0.717, 1.165) is 33.5 Å². The molecule has 1 aromatic heterocycles. The molecule has 0 aliphatic carbocycles. The van der Waals surface area contributed by atoms with Crippen LogP contribution in [0, 0.1) is 20.8 Å². The van der Waals surface area contributed by atoms with Gasteiger partial charge in [-0.2, -0.15) is 0 Å². The molecule has 0 saturated carbocycles.